The van der Waals surface area contributed by atoms with Crippen LogP contribution < -0.4 is 10.6 Å². The summed E-state index contributed by atoms with van der Waals surface area (Å²) in [5.74, 6) is 0.535. The summed E-state index contributed by atoms with van der Waals surface area (Å²) in [6, 6.07) is 13.5. The summed E-state index contributed by atoms with van der Waals surface area (Å²) < 4.78 is 0. The van der Waals surface area contributed by atoms with Crippen LogP contribution in [-0.2, 0) is 6.42 Å². The van der Waals surface area contributed by atoms with E-state index in [1.54, 1.807) is 0 Å². The van der Waals surface area contributed by atoms with Crippen molar-refractivity contribution in [2.45, 2.75) is 55.9 Å². The van der Waals surface area contributed by atoms with Gasteiger partial charge in [-0.2, -0.15) is 0 Å². The Morgan fingerprint density at radius 3 is 2.48 bits per heavy atom. The van der Waals surface area contributed by atoms with Crippen molar-refractivity contribution in [3.63, 3.8) is 0 Å². The first-order valence-electron chi connectivity index (χ1n) is 10.7. The van der Waals surface area contributed by atoms with Crippen LogP contribution in [0.4, 0.5) is 11.4 Å². The molecule has 0 aliphatic carbocycles. The van der Waals surface area contributed by atoms with Crippen molar-refractivity contribution in [1.29, 1.82) is 0 Å². The van der Waals surface area contributed by atoms with Gasteiger partial charge in [-0.3, -0.25) is 0 Å². The van der Waals surface area contributed by atoms with Crippen molar-refractivity contribution in [2.24, 2.45) is 11.7 Å². The summed E-state index contributed by atoms with van der Waals surface area (Å²) in [5, 5.41) is 0. The standard InChI is InChI=1S/C24H31N3S2/c1-16(2)14-19-18(24(25)28)10-11-22-23(19)27(17(3)15-26-12-6-7-13-26)20-8-4-5-9-21(20)29-22/h4-5,8-11,16-17H,6-7,12-15H2,1-3H3,(H2,25,28). The van der Waals surface area contributed by atoms with Crippen molar-refractivity contribution in [1.82, 2.24) is 4.90 Å². The van der Waals surface area contributed by atoms with E-state index in [0.717, 1.165) is 18.5 Å². The Morgan fingerprint density at radius 2 is 1.79 bits per heavy atom. The van der Waals surface area contributed by atoms with Gasteiger partial charge in [-0.15, -0.1) is 0 Å². The number of anilines is 2. The van der Waals surface area contributed by atoms with Gasteiger partial charge < -0.3 is 15.5 Å². The number of fused-ring (bicyclic) bond motifs is 2. The van der Waals surface area contributed by atoms with Gasteiger partial charge in [0.25, 0.3) is 0 Å². The lowest BCUT2D eigenvalue weighted by atomic mass is 9.94. The molecule has 0 aromatic heterocycles. The molecule has 0 radical (unpaired) electrons. The molecule has 154 valence electrons. The van der Waals surface area contributed by atoms with Gasteiger partial charge in [-0.1, -0.05) is 56.0 Å². The van der Waals surface area contributed by atoms with E-state index in [-0.39, 0.29) is 0 Å². The molecule has 1 saturated heterocycles. The number of nitrogens with zero attached hydrogens (tertiary/aromatic N) is 2. The van der Waals surface area contributed by atoms with Crippen molar-refractivity contribution >= 4 is 40.3 Å². The molecular weight excluding hydrogens is 394 g/mol. The number of hydrogen-bond donors (Lipinski definition) is 1. The minimum Gasteiger partial charge on any atom is -0.389 e. The number of para-hydroxylation sites is 1. The fourth-order valence-corrected chi connectivity index (χ4v) is 5.97. The number of benzene rings is 2. The zero-order chi connectivity index (χ0) is 20.5. The third-order valence-electron chi connectivity index (χ3n) is 5.87. The Kier molecular flexibility index (Phi) is 6.19. The highest BCUT2D eigenvalue weighted by Gasteiger charge is 2.32. The minimum atomic E-state index is 0.376. The Morgan fingerprint density at radius 1 is 1.07 bits per heavy atom. The lowest BCUT2D eigenvalue weighted by Crippen LogP contribution is -2.40. The monoisotopic (exact) mass is 425 g/mol. The Hall–Kier alpha value is -1.56. The van der Waals surface area contributed by atoms with Crippen LogP contribution in [-0.4, -0.2) is 35.6 Å². The molecule has 3 nitrogen and oxygen atoms in total. The molecule has 4 rings (SSSR count). The van der Waals surface area contributed by atoms with Crippen LogP contribution in [0.5, 0.6) is 0 Å². The van der Waals surface area contributed by atoms with Gasteiger partial charge in [0.15, 0.2) is 0 Å². The van der Waals surface area contributed by atoms with E-state index in [1.807, 2.05) is 11.8 Å². The normalized spacial score (nSPS) is 17.3. The second-order valence-corrected chi connectivity index (χ2v) is 10.2. The zero-order valence-corrected chi connectivity index (χ0v) is 19.3. The molecule has 5 heteroatoms. The topological polar surface area (TPSA) is 32.5 Å². The second kappa shape index (κ2) is 8.66. The predicted molar refractivity (Wildman–Crippen MR) is 129 cm³/mol. The maximum atomic E-state index is 6.17. The molecule has 2 aliphatic rings. The molecule has 0 bridgehead atoms. The average molecular weight is 426 g/mol. The number of rotatable bonds is 6. The van der Waals surface area contributed by atoms with Gasteiger partial charge in [0.05, 0.1) is 11.4 Å². The molecular formula is C24H31N3S2. The molecule has 2 N–H and O–H groups in total. The highest BCUT2D eigenvalue weighted by atomic mass is 32.2. The zero-order valence-electron chi connectivity index (χ0n) is 17.6. The van der Waals surface area contributed by atoms with Crippen LogP contribution in [0.1, 0.15) is 44.7 Å². The lowest BCUT2D eigenvalue weighted by molar-refractivity contribution is 0.319. The van der Waals surface area contributed by atoms with Gasteiger partial charge in [-0.25, -0.2) is 0 Å². The fourth-order valence-electron chi connectivity index (χ4n) is 4.67. The molecule has 1 fully saturated rings. The fraction of sp³-hybridized carbons (Fsp3) is 0.458. The number of hydrogen-bond acceptors (Lipinski definition) is 4. The average Bonchev–Trinajstić information content (AvgIpc) is 3.18. The lowest BCUT2D eigenvalue weighted by Gasteiger charge is -2.40. The van der Waals surface area contributed by atoms with Crippen LogP contribution in [0.2, 0.25) is 0 Å². The number of thiocarbonyl (C=S) groups is 1. The quantitative estimate of drug-likeness (QED) is 0.609. The predicted octanol–water partition coefficient (Wildman–Crippen LogP) is 5.61. The molecule has 0 amide bonds. The SMILES string of the molecule is CC(C)Cc1c(C(N)=S)ccc2c1N(C(C)CN1CCCC1)c1ccccc1S2. The van der Waals surface area contributed by atoms with Gasteiger partial charge in [0.1, 0.15) is 4.99 Å². The minimum absolute atomic E-state index is 0.376. The van der Waals surface area contributed by atoms with Crippen molar-refractivity contribution < 1.29 is 0 Å². The van der Waals surface area contributed by atoms with Gasteiger partial charge in [0.2, 0.25) is 0 Å². The Bertz CT molecular complexity index is 903. The molecule has 0 spiro atoms. The Labute approximate surface area is 184 Å². The van der Waals surface area contributed by atoms with Crippen LogP contribution in [0, 0.1) is 5.92 Å². The summed E-state index contributed by atoms with van der Waals surface area (Å²) >= 11 is 7.32. The van der Waals surface area contributed by atoms with Crippen molar-refractivity contribution in [3.8, 4) is 0 Å². The van der Waals surface area contributed by atoms with Gasteiger partial charge in [0, 0.05) is 27.9 Å². The molecule has 1 unspecified atom stereocenters. The third kappa shape index (κ3) is 4.18. The molecule has 29 heavy (non-hydrogen) atoms. The highest BCUT2D eigenvalue weighted by molar-refractivity contribution is 7.99. The van der Waals surface area contributed by atoms with Crippen LogP contribution in [0.15, 0.2) is 46.2 Å². The van der Waals surface area contributed by atoms with E-state index in [1.165, 1.54) is 52.7 Å². The number of likely N-dealkylation sites (tertiary alicyclic amines) is 1. The molecule has 0 saturated carbocycles. The third-order valence-corrected chi connectivity index (χ3v) is 7.21. The summed E-state index contributed by atoms with van der Waals surface area (Å²) in [7, 11) is 0. The smallest absolute Gasteiger partial charge is 0.104 e. The summed E-state index contributed by atoms with van der Waals surface area (Å²) in [4.78, 5) is 8.31. The maximum absolute atomic E-state index is 6.17. The second-order valence-electron chi connectivity index (χ2n) is 8.70. The largest absolute Gasteiger partial charge is 0.389 e. The van der Waals surface area contributed by atoms with E-state index < -0.39 is 0 Å². The molecule has 1 atom stereocenters. The highest BCUT2D eigenvalue weighted by Crippen LogP contribution is 2.51. The van der Waals surface area contributed by atoms with E-state index >= 15 is 0 Å². The maximum Gasteiger partial charge on any atom is 0.104 e. The first-order valence-corrected chi connectivity index (χ1v) is 11.9. The van der Waals surface area contributed by atoms with E-state index in [4.69, 9.17) is 18.0 Å². The summed E-state index contributed by atoms with van der Waals surface area (Å²) in [6.07, 6.45) is 3.62. The van der Waals surface area contributed by atoms with Crippen LogP contribution in [0.3, 0.4) is 0 Å². The van der Waals surface area contributed by atoms with Gasteiger partial charge in [-0.05, 0) is 69.0 Å². The molecule has 2 heterocycles. The first kappa shape index (κ1) is 20.7. The van der Waals surface area contributed by atoms with Crippen molar-refractivity contribution in [2.75, 3.05) is 24.5 Å². The Balaban J connectivity index is 1.85. The first-order chi connectivity index (χ1) is 14.0. The van der Waals surface area contributed by atoms with Crippen LogP contribution in [0.25, 0.3) is 0 Å². The molecule has 2 aromatic rings. The van der Waals surface area contributed by atoms with E-state index in [0.29, 0.717) is 16.9 Å². The van der Waals surface area contributed by atoms with E-state index in [9.17, 15) is 0 Å². The molecule has 2 aliphatic heterocycles. The summed E-state index contributed by atoms with van der Waals surface area (Å²) in [6.45, 7) is 10.4. The molecule has 2 aromatic carbocycles. The number of nitrogens with two attached hydrogens (primary N) is 1. The van der Waals surface area contributed by atoms with Crippen molar-refractivity contribution in [3.05, 3.63) is 47.5 Å². The van der Waals surface area contributed by atoms with Crippen LogP contribution >= 0.6 is 24.0 Å². The summed E-state index contributed by atoms with van der Waals surface area (Å²) in [5.41, 5.74) is 11.1. The van der Waals surface area contributed by atoms with E-state index in [2.05, 4.69) is 67.0 Å². The van der Waals surface area contributed by atoms with Gasteiger partial charge >= 0.3 is 0 Å².